The lowest BCUT2D eigenvalue weighted by Crippen LogP contribution is -2.43. The molecular weight excluding hydrogens is 331 g/mol. The van der Waals surface area contributed by atoms with Crippen LogP contribution in [0.1, 0.15) is 33.1 Å². The minimum Gasteiger partial charge on any atom is -0.396 e. The van der Waals surface area contributed by atoms with Crippen LogP contribution in [0.4, 0.5) is 5.69 Å². The van der Waals surface area contributed by atoms with Crippen LogP contribution in [-0.2, 0) is 10.0 Å². The first-order valence-electron chi connectivity index (χ1n) is 7.00. The molecule has 0 heterocycles. The minimum absolute atomic E-state index is 0.0171. The molecule has 7 heteroatoms. The first-order chi connectivity index (χ1) is 9.74. The van der Waals surface area contributed by atoms with E-state index in [4.69, 9.17) is 28.9 Å². The molecule has 3 atom stereocenters. The van der Waals surface area contributed by atoms with Crippen molar-refractivity contribution < 1.29 is 8.42 Å². The van der Waals surface area contributed by atoms with Crippen LogP contribution < -0.4 is 10.5 Å². The summed E-state index contributed by atoms with van der Waals surface area (Å²) in [5.41, 5.74) is 5.79. The van der Waals surface area contributed by atoms with E-state index in [1.807, 2.05) is 0 Å². The van der Waals surface area contributed by atoms with Gasteiger partial charge in [0.25, 0.3) is 0 Å². The van der Waals surface area contributed by atoms with E-state index in [0.29, 0.717) is 5.92 Å². The van der Waals surface area contributed by atoms with Crippen LogP contribution in [0.15, 0.2) is 17.0 Å². The van der Waals surface area contributed by atoms with Gasteiger partial charge in [0.2, 0.25) is 10.0 Å². The van der Waals surface area contributed by atoms with Gasteiger partial charge in [0, 0.05) is 6.04 Å². The molecule has 1 aromatic rings. The summed E-state index contributed by atoms with van der Waals surface area (Å²) in [6, 6.07) is 2.76. The van der Waals surface area contributed by atoms with Crippen molar-refractivity contribution in [1.29, 1.82) is 0 Å². The summed E-state index contributed by atoms with van der Waals surface area (Å²) in [4.78, 5) is -0.0171. The molecule has 1 aliphatic carbocycles. The van der Waals surface area contributed by atoms with E-state index in [9.17, 15) is 8.42 Å². The molecule has 2 rings (SSSR count). The van der Waals surface area contributed by atoms with Crippen LogP contribution in [0.25, 0.3) is 0 Å². The molecule has 1 saturated carbocycles. The third-order valence-corrected chi connectivity index (χ3v) is 6.78. The lowest BCUT2D eigenvalue weighted by atomic mass is 9.78. The van der Waals surface area contributed by atoms with Crippen molar-refractivity contribution in [1.82, 2.24) is 4.72 Å². The normalized spacial score (nSPS) is 26.8. The van der Waals surface area contributed by atoms with Gasteiger partial charge in [0.1, 0.15) is 4.90 Å². The topological polar surface area (TPSA) is 72.2 Å². The number of sulfonamides is 1. The van der Waals surface area contributed by atoms with Crippen molar-refractivity contribution in [2.24, 2.45) is 11.8 Å². The van der Waals surface area contributed by atoms with Crippen LogP contribution in [0.3, 0.4) is 0 Å². The molecule has 0 aromatic heterocycles. The molecule has 0 amide bonds. The summed E-state index contributed by atoms with van der Waals surface area (Å²) >= 11 is 11.9. The number of hydrogen-bond acceptors (Lipinski definition) is 3. The standard InChI is InChI=1S/C14H20Cl2N2O2S/c1-8-4-3-5-11(9(8)2)18-21(19,20)12-7-6-10(15)14(17)13(12)16/h6-9,11,18H,3-5,17H2,1-2H3. The van der Waals surface area contributed by atoms with E-state index in [1.54, 1.807) is 0 Å². The second-order valence-corrected chi connectivity index (χ2v) is 8.24. The number of nitrogens with one attached hydrogen (secondary N) is 1. The molecule has 0 spiro atoms. The molecule has 1 aliphatic rings. The SMILES string of the molecule is CC1CCCC(NS(=O)(=O)c2ccc(Cl)c(N)c2Cl)C1C. The maximum absolute atomic E-state index is 12.5. The fourth-order valence-corrected chi connectivity index (χ4v) is 4.89. The van der Waals surface area contributed by atoms with Gasteiger partial charge in [0.15, 0.2) is 0 Å². The van der Waals surface area contributed by atoms with Crippen LogP contribution in [-0.4, -0.2) is 14.5 Å². The van der Waals surface area contributed by atoms with E-state index < -0.39 is 10.0 Å². The van der Waals surface area contributed by atoms with Crippen molar-refractivity contribution in [2.45, 2.75) is 44.0 Å². The highest BCUT2D eigenvalue weighted by Crippen LogP contribution is 2.35. The smallest absolute Gasteiger partial charge is 0.242 e. The Bertz CT molecular complexity index is 634. The Kier molecular flexibility index (Phi) is 5.08. The highest BCUT2D eigenvalue weighted by Gasteiger charge is 2.31. The predicted molar refractivity (Wildman–Crippen MR) is 87.2 cm³/mol. The first kappa shape index (κ1) is 16.9. The number of benzene rings is 1. The largest absolute Gasteiger partial charge is 0.396 e. The Hall–Kier alpha value is -0.490. The van der Waals surface area contributed by atoms with Gasteiger partial charge in [0.05, 0.1) is 15.7 Å². The third-order valence-electron chi connectivity index (χ3n) is 4.39. The van der Waals surface area contributed by atoms with Crippen molar-refractivity contribution in [3.63, 3.8) is 0 Å². The molecule has 1 fully saturated rings. The first-order valence-corrected chi connectivity index (χ1v) is 9.23. The van der Waals surface area contributed by atoms with Gasteiger partial charge in [-0.2, -0.15) is 0 Å². The van der Waals surface area contributed by atoms with Crippen molar-refractivity contribution in [2.75, 3.05) is 5.73 Å². The maximum atomic E-state index is 12.5. The zero-order chi connectivity index (χ0) is 15.8. The predicted octanol–water partition coefficient (Wildman–Crippen LogP) is 3.68. The average molecular weight is 351 g/mol. The molecule has 1 aromatic carbocycles. The lowest BCUT2D eigenvalue weighted by molar-refractivity contribution is 0.227. The van der Waals surface area contributed by atoms with E-state index >= 15 is 0 Å². The maximum Gasteiger partial charge on any atom is 0.242 e. The number of anilines is 1. The van der Waals surface area contributed by atoms with Gasteiger partial charge in [-0.1, -0.05) is 49.9 Å². The molecule has 0 radical (unpaired) electrons. The second kappa shape index (κ2) is 6.32. The van der Waals surface area contributed by atoms with Crippen molar-refractivity contribution >= 4 is 38.9 Å². The van der Waals surface area contributed by atoms with E-state index in [2.05, 4.69) is 18.6 Å². The Morgan fingerprint density at radius 3 is 2.57 bits per heavy atom. The zero-order valence-corrected chi connectivity index (χ0v) is 14.4. The summed E-state index contributed by atoms with van der Waals surface area (Å²) in [7, 11) is -3.71. The quantitative estimate of drug-likeness (QED) is 0.816. The summed E-state index contributed by atoms with van der Waals surface area (Å²) in [6.07, 6.45) is 2.99. The molecule has 0 aliphatic heterocycles. The van der Waals surface area contributed by atoms with Gasteiger partial charge in [-0.25, -0.2) is 13.1 Å². The number of nitrogens with two attached hydrogens (primary N) is 1. The second-order valence-electron chi connectivity index (χ2n) is 5.77. The van der Waals surface area contributed by atoms with Gasteiger partial charge in [-0.15, -0.1) is 0 Å². The summed E-state index contributed by atoms with van der Waals surface area (Å²) in [5.74, 6) is 0.786. The highest BCUT2D eigenvalue weighted by molar-refractivity contribution is 7.89. The average Bonchev–Trinajstić information content (AvgIpc) is 2.41. The van der Waals surface area contributed by atoms with Gasteiger partial charge >= 0.3 is 0 Å². The van der Waals surface area contributed by atoms with Gasteiger partial charge in [-0.05, 0) is 30.4 Å². The fraction of sp³-hybridized carbons (Fsp3) is 0.571. The molecule has 118 valence electrons. The fourth-order valence-electron chi connectivity index (χ4n) is 2.77. The molecule has 21 heavy (non-hydrogen) atoms. The number of halogens is 2. The van der Waals surface area contributed by atoms with Crippen molar-refractivity contribution in [3.05, 3.63) is 22.2 Å². The Balaban J connectivity index is 2.29. The minimum atomic E-state index is -3.71. The Morgan fingerprint density at radius 2 is 1.90 bits per heavy atom. The van der Waals surface area contributed by atoms with Crippen LogP contribution in [0.2, 0.25) is 10.0 Å². The zero-order valence-electron chi connectivity index (χ0n) is 12.1. The molecule has 4 nitrogen and oxygen atoms in total. The van der Waals surface area contributed by atoms with Crippen LogP contribution in [0.5, 0.6) is 0 Å². The number of hydrogen-bond donors (Lipinski definition) is 2. The van der Waals surface area contributed by atoms with Gasteiger partial charge < -0.3 is 5.73 Å². The number of rotatable bonds is 3. The molecule has 0 saturated heterocycles. The summed E-state index contributed by atoms with van der Waals surface area (Å²) in [6.45, 7) is 4.23. The molecule has 0 bridgehead atoms. The lowest BCUT2D eigenvalue weighted by Gasteiger charge is -2.34. The summed E-state index contributed by atoms with van der Waals surface area (Å²) < 4.78 is 27.9. The molecule has 3 N–H and O–H groups in total. The highest BCUT2D eigenvalue weighted by atomic mass is 35.5. The van der Waals surface area contributed by atoms with Gasteiger partial charge in [-0.3, -0.25) is 0 Å². The van der Waals surface area contributed by atoms with Crippen LogP contribution >= 0.6 is 23.2 Å². The van der Waals surface area contributed by atoms with E-state index in [0.717, 1.165) is 19.3 Å². The molecule has 3 unspecified atom stereocenters. The number of nitrogen functional groups attached to an aromatic ring is 1. The van der Waals surface area contributed by atoms with Crippen molar-refractivity contribution in [3.8, 4) is 0 Å². The molecular formula is C14H20Cl2N2O2S. The monoisotopic (exact) mass is 350 g/mol. The van der Waals surface area contributed by atoms with E-state index in [-0.39, 0.29) is 32.6 Å². The Labute approximate surface area is 136 Å². The third kappa shape index (κ3) is 3.47. The Morgan fingerprint density at radius 1 is 1.24 bits per heavy atom. The van der Waals surface area contributed by atoms with E-state index in [1.165, 1.54) is 12.1 Å². The summed E-state index contributed by atoms with van der Waals surface area (Å²) in [5, 5.41) is 0.227. The van der Waals surface area contributed by atoms with Crippen LogP contribution in [0, 0.1) is 11.8 Å².